The highest BCUT2D eigenvalue weighted by Gasteiger charge is 2.08. The summed E-state index contributed by atoms with van der Waals surface area (Å²) in [5.74, 6) is 1.33. The first kappa shape index (κ1) is 13.2. The Morgan fingerprint density at radius 3 is 2.75 bits per heavy atom. The Hall–Kier alpha value is -0.840. The lowest BCUT2D eigenvalue weighted by Crippen LogP contribution is -2.23. The zero-order chi connectivity index (χ0) is 12.1. The van der Waals surface area contributed by atoms with E-state index in [2.05, 4.69) is 32.8 Å². The molecule has 0 aromatic carbocycles. The maximum absolute atomic E-state index is 5.12. The maximum atomic E-state index is 5.12. The standard InChI is InChI=1S/C11H18BrN3O/c1-8(12)5-6-15(3)11-13-9(2)7-10(14-11)16-4/h7-8H,5-6H2,1-4H3. The van der Waals surface area contributed by atoms with Gasteiger partial charge in [-0.05, 0) is 13.3 Å². The lowest BCUT2D eigenvalue weighted by molar-refractivity contribution is 0.396. The van der Waals surface area contributed by atoms with E-state index in [-0.39, 0.29) is 0 Å². The fourth-order valence-electron chi connectivity index (χ4n) is 1.27. The van der Waals surface area contributed by atoms with Crippen LogP contribution in [0.4, 0.5) is 5.95 Å². The topological polar surface area (TPSA) is 38.2 Å². The molecule has 4 nitrogen and oxygen atoms in total. The van der Waals surface area contributed by atoms with Gasteiger partial charge in [-0.15, -0.1) is 0 Å². The molecule has 1 atom stereocenters. The van der Waals surface area contributed by atoms with Crippen LogP contribution in [0.15, 0.2) is 6.07 Å². The molecule has 0 N–H and O–H groups in total. The van der Waals surface area contributed by atoms with Crippen molar-refractivity contribution in [2.24, 2.45) is 0 Å². The minimum absolute atomic E-state index is 0.502. The van der Waals surface area contributed by atoms with E-state index < -0.39 is 0 Å². The van der Waals surface area contributed by atoms with Gasteiger partial charge in [0.05, 0.1) is 7.11 Å². The molecular formula is C11H18BrN3O. The normalized spacial score (nSPS) is 12.3. The van der Waals surface area contributed by atoms with E-state index in [1.807, 2.05) is 24.9 Å². The zero-order valence-electron chi connectivity index (χ0n) is 10.2. The number of alkyl halides is 1. The molecule has 0 aliphatic carbocycles. The molecule has 1 unspecified atom stereocenters. The highest BCUT2D eigenvalue weighted by molar-refractivity contribution is 9.09. The fourth-order valence-corrected chi connectivity index (χ4v) is 1.48. The molecule has 0 saturated heterocycles. The van der Waals surface area contributed by atoms with E-state index in [1.165, 1.54) is 0 Å². The molecule has 0 aliphatic heterocycles. The van der Waals surface area contributed by atoms with Crippen LogP contribution >= 0.6 is 15.9 Å². The van der Waals surface area contributed by atoms with Crippen LogP contribution in [0.5, 0.6) is 5.88 Å². The lowest BCUT2D eigenvalue weighted by atomic mass is 10.3. The first-order valence-corrected chi connectivity index (χ1v) is 6.19. The Morgan fingerprint density at radius 1 is 1.50 bits per heavy atom. The molecule has 16 heavy (non-hydrogen) atoms. The number of nitrogens with zero attached hydrogens (tertiary/aromatic N) is 3. The van der Waals surface area contributed by atoms with Gasteiger partial charge in [-0.3, -0.25) is 0 Å². The first-order valence-electron chi connectivity index (χ1n) is 5.28. The van der Waals surface area contributed by atoms with E-state index in [4.69, 9.17) is 4.74 Å². The minimum Gasteiger partial charge on any atom is -0.481 e. The molecular weight excluding hydrogens is 270 g/mol. The molecule has 0 spiro atoms. The number of hydrogen-bond donors (Lipinski definition) is 0. The van der Waals surface area contributed by atoms with Crippen LogP contribution in [-0.2, 0) is 0 Å². The second kappa shape index (κ2) is 6.03. The number of halogens is 1. The van der Waals surface area contributed by atoms with Gasteiger partial charge >= 0.3 is 0 Å². The Bertz CT molecular complexity index is 344. The summed E-state index contributed by atoms with van der Waals surface area (Å²) in [6.07, 6.45) is 1.05. The van der Waals surface area contributed by atoms with Crippen molar-refractivity contribution in [3.63, 3.8) is 0 Å². The van der Waals surface area contributed by atoms with Crippen LogP contribution in [0.3, 0.4) is 0 Å². The second-order valence-corrected chi connectivity index (χ2v) is 5.41. The molecule has 0 radical (unpaired) electrons. The number of rotatable bonds is 5. The molecule has 1 rings (SSSR count). The summed E-state index contributed by atoms with van der Waals surface area (Å²) >= 11 is 3.53. The second-order valence-electron chi connectivity index (χ2n) is 3.84. The Balaban J connectivity index is 2.74. The van der Waals surface area contributed by atoms with Crippen molar-refractivity contribution >= 4 is 21.9 Å². The predicted molar refractivity (Wildman–Crippen MR) is 69.6 cm³/mol. The number of aryl methyl sites for hydroxylation is 1. The summed E-state index contributed by atoms with van der Waals surface area (Å²) in [5, 5.41) is 0. The third-order valence-electron chi connectivity index (χ3n) is 2.23. The average Bonchev–Trinajstić information content (AvgIpc) is 2.24. The third-order valence-corrected chi connectivity index (χ3v) is 2.69. The van der Waals surface area contributed by atoms with Crippen LogP contribution in [0.1, 0.15) is 19.0 Å². The number of aromatic nitrogens is 2. The van der Waals surface area contributed by atoms with Gasteiger partial charge in [0.2, 0.25) is 11.8 Å². The highest BCUT2D eigenvalue weighted by atomic mass is 79.9. The summed E-state index contributed by atoms with van der Waals surface area (Å²) in [5.41, 5.74) is 0.917. The highest BCUT2D eigenvalue weighted by Crippen LogP contribution is 2.15. The number of ether oxygens (including phenoxy) is 1. The molecule has 1 aromatic rings. The quantitative estimate of drug-likeness (QED) is 0.780. The van der Waals surface area contributed by atoms with Gasteiger partial charge in [0.1, 0.15) is 0 Å². The summed E-state index contributed by atoms with van der Waals surface area (Å²) in [6.45, 7) is 4.99. The van der Waals surface area contributed by atoms with Gasteiger partial charge in [-0.1, -0.05) is 22.9 Å². The zero-order valence-corrected chi connectivity index (χ0v) is 11.8. The summed E-state index contributed by atoms with van der Waals surface area (Å²) in [4.78, 5) is 11.2. The molecule has 0 saturated carbocycles. The van der Waals surface area contributed by atoms with E-state index in [1.54, 1.807) is 7.11 Å². The van der Waals surface area contributed by atoms with Gasteiger partial charge in [-0.2, -0.15) is 4.98 Å². The lowest BCUT2D eigenvalue weighted by Gasteiger charge is -2.18. The number of methoxy groups -OCH3 is 1. The third kappa shape index (κ3) is 3.96. The van der Waals surface area contributed by atoms with Gasteiger partial charge in [-0.25, -0.2) is 4.98 Å². The van der Waals surface area contributed by atoms with Crippen LogP contribution in [-0.4, -0.2) is 35.5 Å². The summed E-state index contributed by atoms with van der Waals surface area (Å²) in [6, 6.07) is 1.82. The molecule has 0 amide bonds. The van der Waals surface area contributed by atoms with Crippen molar-refractivity contribution < 1.29 is 4.74 Å². The summed E-state index contributed by atoms with van der Waals surface area (Å²) in [7, 11) is 3.61. The van der Waals surface area contributed by atoms with E-state index in [0.717, 1.165) is 18.7 Å². The Morgan fingerprint density at radius 2 is 2.19 bits per heavy atom. The Kier molecular flexibility index (Phi) is 4.99. The van der Waals surface area contributed by atoms with E-state index in [9.17, 15) is 0 Å². The van der Waals surface area contributed by atoms with Crippen LogP contribution in [0, 0.1) is 6.92 Å². The van der Waals surface area contributed by atoms with Gasteiger partial charge < -0.3 is 9.64 Å². The average molecular weight is 288 g/mol. The fraction of sp³-hybridized carbons (Fsp3) is 0.636. The molecule has 5 heteroatoms. The largest absolute Gasteiger partial charge is 0.481 e. The van der Waals surface area contributed by atoms with Crippen molar-refractivity contribution in [1.29, 1.82) is 0 Å². The number of hydrogen-bond acceptors (Lipinski definition) is 4. The van der Waals surface area contributed by atoms with E-state index >= 15 is 0 Å². The SMILES string of the molecule is COc1cc(C)nc(N(C)CCC(C)Br)n1. The van der Waals surface area contributed by atoms with Crippen LogP contribution < -0.4 is 9.64 Å². The molecule has 1 aromatic heterocycles. The maximum Gasteiger partial charge on any atom is 0.228 e. The Labute approximate surface area is 105 Å². The van der Waals surface area contributed by atoms with Crippen molar-refractivity contribution in [2.45, 2.75) is 25.1 Å². The van der Waals surface area contributed by atoms with Gasteiger partial charge in [0, 0.05) is 30.2 Å². The van der Waals surface area contributed by atoms with Crippen LogP contribution in [0.25, 0.3) is 0 Å². The molecule has 0 aliphatic rings. The van der Waals surface area contributed by atoms with Gasteiger partial charge in [0.15, 0.2) is 0 Å². The summed E-state index contributed by atoms with van der Waals surface area (Å²) < 4.78 is 5.12. The van der Waals surface area contributed by atoms with Crippen molar-refractivity contribution in [3.05, 3.63) is 11.8 Å². The van der Waals surface area contributed by atoms with Crippen molar-refractivity contribution in [3.8, 4) is 5.88 Å². The molecule has 0 bridgehead atoms. The smallest absolute Gasteiger partial charge is 0.228 e. The van der Waals surface area contributed by atoms with Crippen molar-refractivity contribution in [2.75, 3.05) is 25.6 Å². The van der Waals surface area contributed by atoms with E-state index in [0.29, 0.717) is 16.7 Å². The van der Waals surface area contributed by atoms with Gasteiger partial charge in [0.25, 0.3) is 0 Å². The van der Waals surface area contributed by atoms with Crippen molar-refractivity contribution in [1.82, 2.24) is 9.97 Å². The number of anilines is 1. The monoisotopic (exact) mass is 287 g/mol. The first-order chi connectivity index (χ1) is 7.52. The molecule has 90 valence electrons. The predicted octanol–water partition coefficient (Wildman–Crippen LogP) is 2.40. The minimum atomic E-state index is 0.502. The molecule has 0 fully saturated rings. The molecule has 1 heterocycles. The van der Waals surface area contributed by atoms with Crippen LogP contribution in [0.2, 0.25) is 0 Å².